The number of aliphatic carboxylic acids is 1. The van der Waals surface area contributed by atoms with E-state index in [9.17, 15) is 9.90 Å². The third kappa shape index (κ3) is 5.87. The third-order valence-corrected chi connectivity index (χ3v) is 6.97. The summed E-state index contributed by atoms with van der Waals surface area (Å²) in [5.41, 5.74) is 3.19. The van der Waals surface area contributed by atoms with Crippen LogP contribution in [0.5, 0.6) is 0 Å². The molecule has 0 saturated heterocycles. The smallest absolute Gasteiger partial charge is 0.303 e. The molecule has 2 heterocycles. The molecule has 1 saturated carbocycles. The Hall–Kier alpha value is -2.57. The Kier molecular flexibility index (Phi) is 7.56. The lowest BCUT2D eigenvalue weighted by molar-refractivity contribution is -0.137. The van der Waals surface area contributed by atoms with Crippen molar-refractivity contribution in [2.24, 2.45) is 5.92 Å². The van der Waals surface area contributed by atoms with Crippen molar-refractivity contribution in [2.45, 2.75) is 97.1 Å². The lowest BCUT2D eigenvalue weighted by atomic mass is 9.92. The average molecular weight is 454 g/mol. The Morgan fingerprint density at radius 2 is 1.97 bits per heavy atom. The van der Waals surface area contributed by atoms with Crippen molar-refractivity contribution in [1.82, 2.24) is 14.8 Å². The summed E-state index contributed by atoms with van der Waals surface area (Å²) in [7, 11) is 0. The summed E-state index contributed by atoms with van der Waals surface area (Å²) in [5, 5.41) is 17.6. The number of nitrogens with zero attached hydrogens (tertiary/aromatic N) is 4. The van der Waals surface area contributed by atoms with Gasteiger partial charge in [0.05, 0.1) is 17.8 Å². The topological polar surface area (TPSA) is 83.3 Å². The second-order valence-corrected chi connectivity index (χ2v) is 10.3. The fourth-order valence-electron chi connectivity index (χ4n) is 5.28. The highest BCUT2D eigenvalue weighted by molar-refractivity contribution is 5.75. The first-order valence-electron chi connectivity index (χ1n) is 12.7. The van der Waals surface area contributed by atoms with E-state index in [2.05, 4.69) is 42.3 Å². The van der Waals surface area contributed by atoms with Gasteiger partial charge in [-0.25, -0.2) is 4.68 Å². The first-order valence-corrected chi connectivity index (χ1v) is 12.7. The molecule has 1 unspecified atom stereocenters. The number of aromatic nitrogens is 3. The number of rotatable bonds is 9. The van der Waals surface area contributed by atoms with Crippen LogP contribution in [0.4, 0.5) is 17.3 Å². The van der Waals surface area contributed by atoms with Crippen LogP contribution in [0.15, 0.2) is 18.2 Å². The molecule has 2 aromatic rings. The number of carboxylic acid groups (broad SMARTS) is 1. The number of aryl methyl sites for hydroxylation is 2. The lowest BCUT2D eigenvalue weighted by Gasteiger charge is -2.38. The van der Waals surface area contributed by atoms with E-state index in [1.165, 1.54) is 37.8 Å². The van der Waals surface area contributed by atoms with Crippen LogP contribution >= 0.6 is 0 Å². The molecule has 7 heteroatoms. The van der Waals surface area contributed by atoms with Crippen LogP contribution in [0.1, 0.15) is 89.4 Å². The van der Waals surface area contributed by atoms with Gasteiger partial charge in [0, 0.05) is 25.6 Å². The minimum atomic E-state index is -0.770. The molecule has 1 aromatic carbocycles. The normalized spacial score (nSPS) is 17.6. The molecule has 0 bridgehead atoms. The van der Waals surface area contributed by atoms with Gasteiger partial charge in [0.2, 0.25) is 5.95 Å². The highest BCUT2D eigenvalue weighted by atomic mass is 16.4. The zero-order valence-electron chi connectivity index (χ0n) is 20.4. The Labute approximate surface area is 197 Å². The molecule has 4 rings (SSSR count). The Morgan fingerprint density at radius 3 is 2.67 bits per heavy atom. The number of hydrogen-bond acceptors (Lipinski definition) is 5. The number of carboxylic acids is 1. The highest BCUT2D eigenvalue weighted by Crippen LogP contribution is 2.37. The van der Waals surface area contributed by atoms with Crippen LogP contribution in [0.3, 0.4) is 0 Å². The van der Waals surface area contributed by atoms with Gasteiger partial charge in [0.1, 0.15) is 5.82 Å². The van der Waals surface area contributed by atoms with Gasteiger partial charge in [-0.05, 0) is 55.2 Å². The number of nitrogens with one attached hydrogen (secondary N) is 1. The molecule has 0 radical (unpaired) electrons. The van der Waals surface area contributed by atoms with Gasteiger partial charge in [-0.2, -0.15) is 4.98 Å². The van der Waals surface area contributed by atoms with Crippen LogP contribution in [-0.4, -0.2) is 38.4 Å². The first kappa shape index (κ1) is 23.6. The SMILES string of the molecule is CC(C)CN(c1ccc(C(C)CC(=O)O)cc1Nc1nc2n(n1)CCCC2)C1CCCCC1. The summed E-state index contributed by atoms with van der Waals surface area (Å²) in [6, 6.07) is 6.95. The zero-order valence-corrected chi connectivity index (χ0v) is 20.4. The van der Waals surface area contributed by atoms with E-state index in [0.29, 0.717) is 17.9 Å². The molecule has 0 spiro atoms. The minimum absolute atomic E-state index is 0.0616. The van der Waals surface area contributed by atoms with Gasteiger partial charge >= 0.3 is 5.97 Å². The minimum Gasteiger partial charge on any atom is -0.481 e. The Balaban J connectivity index is 1.70. The molecule has 2 aliphatic rings. The second-order valence-electron chi connectivity index (χ2n) is 10.3. The molecular weight excluding hydrogens is 414 g/mol. The van der Waals surface area contributed by atoms with Crippen LogP contribution in [0.25, 0.3) is 0 Å². The van der Waals surface area contributed by atoms with Crippen molar-refractivity contribution >= 4 is 23.3 Å². The quantitative estimate of drug-likeness (QED) is 0.504. The summed E-state index contributed by atoms with van der Waals surface area (Å²) in [5.74, 6) is 1.40. The third-order valence-electron chi connectivity index (χ3n) is 6.97. The van der Waals surface area contributed by atoms with Gasteiger partial charge < -0.3 is 15.3 Å². The summed E-state index contributed by atoms with van der Waals surface area (Å²) in [6.07, 6.45) is 9.74. The molecule has 1 fully saturated rings. The molecule has 2 N–H and O–H groups in total. The van der Waals surface area contributed by atoms with Gasteiger partial charge in [0.15, 0.2) is 0 Å². The van der Waals surface area contributed by atoms with E-state index >= 15 is 0 Å². The maximum atomic E-state index is 11.3. The first-order chi connectivity index (χ1) is 15.9. The molecule has 0 amide bonds. The number of carbonyl (C=O) groups is 1. The van der Waals surface area contributed by atoms with E-state index in [4.69, 9.17) is 10.1 Å². The van der Waals surface area contributed by atoms with Crippen molar-refractivity contribution in [1.29, 1.82) is 0 Å². The molecule has 33 heavy (non-hydrogen) atoms. The molecular formula is C26H39N5O2. The Bertz CT molecular complexity index is 925. The average Bonchev–Trinajstić information content (AvgIpc) is 3.20. The predicted octanol–water partition coefficient (Wildman–Crippen LogP) is 5.73. The molecule has 1 atom stereocenters. The molecule has 1 aliphatic carbocycles. The molecule has 7 nitrogen and oxygen atoms in total. The van der Waals surface area contributed by atoms with Crippen molar-refractivity contribution < 1.29 is 9.90 Å². The maximum Gasteiger partial charge on any atom is 0.303 e. The zero-order chi connectivity index (χ0) is 23.4. The summed E-state index contributed by atoms with van der Waals surface area (Å²) < 4.78 is 2.02. The number of fused-ring (bicyclic) bond motifs is 1. The van der Waals surface area contributed by atoms with Crippen molar-refractivity contribution in [2.75, 3.05) is 16.8 Å². The van der Waals surface area contributed by atoms with Crippen LogP contribution in [0.2, 0.25) is 0 Å². The maximum absolute atomic E-state index is 11.3. The van der Waals surface area contributed by atoms with Gasteiger partial charge in [-0.3, -0.25) is 4.79 Å². The van der Waals surface area contributed by atoms with Crippen molar-refractivity contribution in [3.63, 3.8) is 0 Å². The number of hydrogen-bond donors (Lipinski definition) is 2. The predicted molar refractivity (Wildman–Crippen MR) is 132 cm³/mol. The van der Waals surface area contributed by atoms with E-state index in [0.717, 1.165) is 49.4 Å². The van der Waals surface area contributed by atoms with Gasteiger partial charge in [-0.15, -0.1) is 5.10 Å². The summed E-state index contributed by atoms with van der Waals surface area (Å²) in [6.45, 7) is 8.45. The summed E-state index contributed by atoms with van der Waals surface area (Å²) >= 11 is 0. The standard InChI is InChI=1S/C26H39N5O2/c1-18(2)17-30(21-9-5-4-6-10-21)23-13-12-20(19(3)15-25(32)33)16-22(23)27-26-28-24-11-7-8-14-31(24)29-26/h12-13,16,18-19,21H,4-11,14-15,17H2,1-3H3,(H,27,29)(H,32,33). The molecule has 1 aliphatic heterocycles. The second kappa shape index (κ2) is 10.6. The molecule has 180 valence electrons. The van der Waals surface area contributed by atoms with E-state index in [-0.39, 0.29) is 12.3 Å². The highest BCUT2D eigenvalue weighted by Gasteiger charge is 2.25. The fourth-order valence-corrected chi connectivity index (χ4v) is 5.28. The Morgan fingerprint density at radius 1 is 1.18 bits per heavy atom. The largest absolute Gasteiger partial charge is 0.481 e. The van der Waals surface area contributed by atoms with E-state index < -0.39 is 5.97 Å². The van der Waals surface area contributed by atoms with Crippen molar-refractivity contribution in [3.05, 3.63) is 29.6 Å². The van der Waals surface area contributed by atoms with Gasteiger partial charge in [-0.1, -0.05) is 46.1 Å². The van der Waals surface area contributed by atoms with Crippen LogP contribution < -0.4 is 10.2 Å². The van der Waals surface area contributed by atoms with Gasteiger partial charge in [0.25, 0.3) is 0 Å². The number of benzene rings is 1. The van der Waals surface area contributed by atoms with Crippen LogP contribution in [-0.2, 0) is 17.8 Å². The fraction of sp³-hybridized carbons (Fsp3) is 0.654. The lowest BCUT2D eigenvalue weighted by Crippen LogP contribution is -2.39. The monoisotopic (exact) mass is 453 g/mol. The van der Waals surface area contributed by atoms with E-state index in [1.54, 1.807) is 0 Å². The van der Waals surface area contributed by atoms with Crippen LogP contribution in [0, 0.1) is 5.92 Å². The number of anilines is 3. The van der Waals surface area contributed by atoms with Crippen molar-refractivity contribution in [3.8, 4) is 0 Å². The van der Waals surface area contributed by atoms with E-state index in [1.807, 2.05) is 11.6 Å². The molecule has 1 aromatic heterocycles. The summed E-state index contributed by atoms with van der Waals surface area (Å²) in [4.78, 5) is 18.7.